The van der Waals surface area contributed by atoms with Crippen LogP contribution in [0.5, 0.6) is 0 Å². The van der Waals surface area contributed by atoms with Crippen LogP contribution in [0, 0.1) is 0 Å². The zero-order chi connectivity index (χ0) is 18.7. The number of ether oxygens (including phenoxy) is 1. The van der Waals surface area contributed by atoms with Gasteiger partial charge in [-0.25, -0.2) is 8.42 Å². The number of carbonyl (C=O) groups excluding carboxylic acids is 1. The van der Waals surface area contributed by atoms with E-state index in [2.05, 4.69) is 6.92 Å². The third-order valence-corrected chi connectivity index (χ3v) is 6.98. The van der Waals surface area contributed by atoms with E-state index in [9.17, 15) is 13.2 Å². The predicted molar refractivity (Wildman–Crippen MR) is 99.5 cm³/mol. The number of hydrogen-bond donors (Lipinski definition) is 0. The molecule has 2 aliphatic heterocycles. The Labute approximate surface area is 155 Å². The van der Waals surface area contributed by atoms with Gasteiger partial charge in [0, 0.05) is 38.9 Å². The first-order valence-corrected chi connectivity index (χ1v) is 10.4. The van der Waals surface area contributed by atoms with Gasteiger partial charge in [-0.15, -0.1) is 0 Å². The summed E-state index contributed by atoms with van der Waals surface area (Å²) in [5.41, 5.74) is 1.70. The molecular weight excluding hydrogens is 352 g/mol. The third-order valence-electron chi connectivity index (χ3n) is 5.12. The van der Waals surface area contributed by atoms with Crippen LogP contribution in [0.1, 0.15) is 36.5 Å². The van der Waals surface area contributed by atoms with Crippen LogP contribution in [-0.2, 0) is 14.8 Å². The van der Waals surface area contributed by atoms with Crippen LogP contribution in [0.3, 0.4) is 0 Å². The Morgan fingerprint density at radius 3 is 2.77 bits per heavy atom. The largest absolute Gasteiger partial charge is 0.380 e. The van der Waals surface area contributed by atoms with Gasteiger partial charge in [0.1, 0.15) is 0 Å². The summed E-state index contributed by atoms with van der Waals surface area (Å²) in [6.07, 6.45) is 4.46. The molecule has 26 heavy (non-hydrogen) atoms. The van der Waals surface area contributed by atoms with Gasteiger partial charge in [0.05, 0.1) is 11.0 Å². The van der Waals surface area contributed by atoms with Gasteiger partial charge in [-0.3, -0.25) is 4.79 Å². The molecule has 2 heterocycles. The van der Waals surface area contributed by atoms with Crippen molar-refractivity contribution in [3.05, 3.63) is 41.5 Å². The second-order valence-electron chi connectivity index (χ2n) is 6.94. The molecule has 2 aliphatic rings. The molecule has 1 aromatic rings. The van der Waals surface area contributed by atoms with Crippen LogP contribution in [-0.4, -0.2) is 62.9 Å². The van der Waals surface area contributed by atoms with Crippen molar-refractivity contribution in [2.75, 3.05) is 33.3 Å². The van der Waals surface area contributed by atoms with E-state index in [1.54, 1.807) is 30.2 Å². The maximum atomic E-state index is 13.0. The Morgan fingerprint density at radius 2 is 2.08 bits per heavy atom. The third kappa shape index (κ3) is 4.00. The smallest absolute Gasteiger partial charge is 0.254 e. The van der Waals surface area contributed by atoms with Gasteiger partial charge in [-0.05, 0) is 44.4 Å². The van der Waals surface area contributed by atoms with Gasteiger partial charge in [-0.1, -0.05) is 17.7 Å². The van der Waals surface area contributed by atoms with Gasteiger partial charge >= 0.3 is 0 Å². The molecule has 1 saturated heterocycles. The lowest BCUT2D eigenvalue weighted by molar-refractivity contribution is 0.0572. The zero-order valence-corrected chi connectivity index (χ0v) is 16.2. The predicted octanol–water partition coefficient (Wildman–Crippen LogP) is 2.28. The molecule has 1 fully saturated rings. The molecule has 142 valence electrons. The number of benzene rings is 1. The second-order valence-corrected chi connectivity index (χ2v) is 8.88. The van der Waals surface area contributed by atoms with Gasteiger partial charge in [0.15, 0.2) is 0 Å². The van der Waals surface area contributed by atoms with Crippen molar-refractivity contribution in [3.63, 3.8) is 0 Å². The minimum Gasteiger partial charge on any atom is -0.380 e. The maximum Gasteiger partial charge on any atom is 0.254 e. The molecular formula is C19H26N2O4S. The minimum atomic E-state index is -3.63. The molecule has 7 heteroatoms. The van der Waals surface area contributed by atoms with E-state index in [1.807, 2.05) is 6.08 Å². The van der Waals surface area contributed by atoms with Gasteiger partial charge in [0.2, 0.25) is 10.0 Å². The number of hydrogen-bond acceptors (Lipinski definition) is 4. The van der Waals surface area contributed by atoms with Crippen molar-refractivity contribution in [3.8, 4) is 0 Å². The first-order chi connectivity index (χ1) is 12.4. The number of rotatable bonds is 4. The van der Waals surface area contributed by atoms with Crippen LogP contribution in [0.2, 0.25) is 0 Å². The van der Waals surface area contributed by atoms with E-state index in [0.717, 1.165) is 19.3 Å². The lowest BCUT2D eigenvalue weighted by atomic mass is 10.1. The van der Waals surface area contributed by atoms with Crippen molar-refractivity contribution in [1.82, 2.24) is 9.21 Å². The van der Waals surface area contributed by atoms with Crippen LogP contribution in [0.15, 0.2) is 40.8 Å². The summed E-state index contributed by atoms with van der Waals surface area (Å²) in [5, 5.41) is 0. The van der Waals surface area contributed by atoms with E-state index in [4.69, 9.17) is 4.74 Å². The SMILES string of the molecule is COC1CCCN(S(=O)(=O)c2cccc(C(=O)N3CC=C(C)CC3)c2)C1. The van der Waals surface area contributed by atoms with E-state index < -0.39 is 10.0 Å². The monoisotopic (exact) mass is 378 g/mol. The Balaban J connectivity index is 1.81. The van der Waals surface area contributed by atoms with E-state index in [-0.39, 0.29) is 16.9 Å². The molecule has 0 aromatic heterocycles. The van der Waals surface area contributed by atoms with Crippen LogP contribution in [0.4, 0.5) is 0 Å². The molecule has 0 radical (unpaired) electrons. The zero-order valence-electron chi connectivity index (χ0n) is 15.3. The molecule has 0 N–H and O–H groups in total. The molecule has 1 aromatic carbocycles. The van der Waals surface area contributed by atoms with Crippen LogP contribution in [0.25, 0.3) is 0 Å². The standard InChI is InChI=1S/C19H26N2O4S/c1-15-8-11-20(12-9-15)19(22)16-5-3-7-18(13-16)26(23,24)21-10-4-6-17(14-21)25-2/h3,5,7-8,13,17H,4,6,9-12,14H2,1-2H3. The molecule has 1 amide bonds. The number of sulfonamides is 1. The summed E-state index contributed by atoms with van der Waals surface area (Å²) >= 11 is 0. The molecule has 0 saturated carbocycles. The lowest BCUT2D eigenvalue weighted by Gasteiger charge is -2.31. The first kappa shape index (κ1) is 19.1. The molecule has 0 bridgehead atoms. The van der Waals surface area contributed by atoms with Crippen LogP contribution < -0.4 is 0 Å². The van der Waals surface area contributed by atoms with Gasteiger partial charge in [-0.2, -0.15) is 4.31 Å². The highest BCUT2D eigenvalue weighted by molar-refractivity contribution is 7.89. The highest BCUT2D eigenvalue weighted by atomic mass is 32.2. The van der Waals surface area contributed by atoms with Crippen molar-refractivity contribution in [1.29, 1.82) is 0 Å². The molecule has 0 aliphatic carbocycles. The van der Waals surface area contributed by atoms with Gasteiger partial charge < -0.3 is 9.64 Å². The Kier molecular flexibility index (Phi) is 5.79. The summed E-state index contributed by atoms with van der Waals surface area (Å²) < 4.78 is 32.7. The fourth-order valence-corrected chi connectivity index (χ4v) is 4.95. The summed E-state index contributed by atoms with van der Waals surface area (Å²) in [6.45, 7) is 4.13. The summed E-state index contributed by atoms with van der Waals surface area (Å²) in [5.74, 6) is -0.126. The average Bonchev–Trinajstić information content (AvgIpc) is 2.68. The molecule has 1 atom stereocenters. The minimum absolute atomic E-state index is 0.0771. The van der Waals surface area contributed by atoms with E-state index >= 15 is 0 Å². The molecule has 0 spiro atoms. The lowest BCUT2D eigenvalue weighted by Crippen LogP contribution is -2.42. The Morgan fingerprint density at radius 1 is 1.27 bits per heavy atom. The number of nitrogens with zero attached hydrogens (tertiary/aromatic N) is 2. The fraction of sp³-hybridized carbons (Fsp3) is 0.526. The first-order valence-electron chi connectivity index (χ1n) is 8.99. The number of piperidine rings is 1. The second kappa shape index (κ2) is 7.90. The highest BCUT2D eigenvalue weighted by Gasteiger charge is 2.31. The summed E-state index contributed by atoms with van der Waals surface area (Å²) in [6, 6.07) is 6.38. The maximum absolute atomic E-state index is 13.0. The van der Waals surface area contributed by atoms with E-state index in [0.29, 0.717) is 31.7 Å². The number of carbonyl (C=O) groups is 1. The van der Waals surface area contributed by atoms with Gasteiger partial charge in [0.25, 0.3) is 5.91 Å². The highest BCUT2D eigenvalue weighted by Crippen LogP contribution is 2.23. The Hall–Kier alpha value is -1.70. The molecule has 6 nitrogen and oxygen atoms in total. The Bertz CT molecular complexity index is 804. The topological polar surface area (TPSA) is 66.9 Å². The summed E-state index contributed by atoms with van der Waals surface area (Å²) in [4.78, 5) is 14.6. The number of methoxy groups -OCH3 is 1. The normalized spacial score (nSPS) is 22.2. The number of amides is 1. The molecule has 1 unspecified atom stereocenters. The average molecular weight is 378 g/mol. The summed E-state index contributed by atoms with van der Waals surface area (Å²) in [7, 11) is -2.02. The fourth-order valence-electron chi connectivity index (χ4n) is 3.39. The quantitative estimate of drug-likeness (QED) is 0.754. The van der Waals surface area contributed by atoms with Crippen LogP contribution >= 0.6 is 0 Å². The van der Waals surface area contributed by atoms with Crippen molar-refractivity contribution in [2.45, 2.75) is 37.2 Å². The van der Waals surface area contributed by atoms with Crippen molar-refractivity contribution in [2.24, 2.45) is 0 Å². The van der Waals surface area contributed by atoms with E-state index in [1.165, 1.54) is 15.9 Å². The molecule has 3 rings (SSSR count). The van der Waals surface area contributed by atoms with Crippen molar-refractivity contribution < 1.29 is 17.9 Å². The van der Waals surface area contributed by atoms with Crippen molar-refractivity contribution >= 4 is 15.9 Å².